The molecule has 0 atom stereocenters. The average molecular weight is 248 g/mol. The molecule has 17 heavy (non-hydrogen) atoms. The van der Waals surface area contributed by atoms with Crippen molar-refractivity contribution in [3.8, 4) is 0 Å². The van der Waals surface area contributed by atoms with Gasteiger partial charge in [0.15, 0.2) is 0 Å². The summed E-state index contributed by atoms with van der Waals surface area (Å²) in [5, 5.41) is 0. The van der Waals surface area contributed by atoms with Crippen LogP contribution in [-0.4, -0.2) is 10.7 Å². The maximum atomic E-state index is 13.0. The van der Waals surface area contributed by atoms with Gasteiger partial charge in [-0.25, -0.2) is 4.39 Å². The summed E-state index contributed by atoms with van der Waals surface area (Å²) in [5.74, 6) is 0.588. The van der Waals surface area contributed by atoms with E-state index in [1.54, 1.807) is 24.0 Å². The van der Waals surface area contributed by atoms with E-state index in [2.05, 4.69) is 4.98 Å². The summed E-state index contributed by atoms with van der Waals surface area (Å²) < 4.78 is 13.0. The predicted octanol–water partition coefficient (Wildman–Crippen LogP) is 3.14. The summed E-state index contributed by atoms with van der Waals surface area (Å²) in [6.45, 7) is 0. The fourth-order valence-electron chi connectivity index (χ4n) is 1.44. The molecule has 2 N–H and O–H groups in total. The molecule has 1 aromatic carbocycles. The van der Waals surface area contributed by atoms with Crippen molar-refractivity contribution in [1.82, 2.24) is 4.98 Å². The maximum Gasteiger partial charge on any atom is 0.124 e. The van der Waals surface area contributed by atoms with E-state index in [-0.39, 0.29) is 5.82 Å². The molecule has 0 radical (unpaired) electrons. The summed E-state index contributed by atoms with van der Waals surface area (Å²) in [4.78, 5) is 5.02. The number of nitrogens with zero attached hydrogens (tertiary/aromatic N) is 1. The van der Waals surface area contributed by atoms with Gasteiger partial charge >= 0.3 is 0 Å². The molecule has 2 nitrogen and oxygen atoms in total. The molecular formula is C13H13FN2S. The third-order valence-electron chi connectivity index (χ3n) is 2.32. The van der Waals surface area contributed by atoms with Crippen molar-refractivity contribution in [1.29, 1.82) is 0 Å². The molecule has 0 bridgehead atoms. The minimum atomic E-state index is -0.250. The predicted molar refractivity (Wildman–Crippen MR) is 69.5 cm³/mol. The highest BCUT2D eigenvalue weighted by Crippen LogP contribution is 2.26. The van der Waals surface area contributed by atoms with Crippen LogP contribution in [0.15, 0.2) is 47.5 Å². The number of anilines is 1. The molecule has 0 unspecified atom stereocenters. The van der Waals surface area contributed by atoms with Crippen molar-refractivity contribution in [3.05, 3.63) is 54.1 Å². The molecule has 0 fully saturated rings. The van der Waals surface area contributed by atoms with Gasteiger partial charge in [-0.1, -0.05) is 6.07 Å². The van der Waals surface area contributed by atoms with Crippen LogP contribution in [0, 0.1) is 5.82 Å². The van der Waals surface area contributed by atoms with E-state index in [4.69, 9.17) is 5.73 Å². The Balaban J connectivity index is 1.92. The first-order valence-electron chi connectivity index (χ1n) is 5.33. The van der Waals surface area contributed by atoms with Crippen LogP contribution >= 0.6 is 11.8 Å². The average Bonchev–Trinajstić information content (AvgIpc) is 2.35. The zero-order valence-corrected chi connectivity index (χ0v) is 10.1. The third kappa shape index (κ3) is 3.46. The standard InChI is InChI=1S/C13H13FN2S/c14-10-4-5-12(15)13(9-10)17-8-6-11-3-1-2-7-16-11/h1-5,7,9H,6,8,15H2. The molecule has 1 aromatic heterocycles. The molecule has 2 aromatic rings. The molecule has 0 spiro atoms. The normalized spacial score (nSPS) is 10.4. The molecule has 0 saturated heterocycles. The summed E-state index contributed by atoms with van der Waals surface area (Å²) >= 11 is 1.55. The highest BCUT2D eigenvalue weighted by atomic mass is 32.2. The minimum absolute atomic E-state index is 0.250. The highest BCUT2D eigenvalue weighted by Gasteiger charge is 2.02. The van der Waals surface area contributed by atoms with Crippen molar-refractivity contribution in [2.24, 2.45) is 0 Å². The Kier molecular flexibility index (Phi) is 3.98. The number of hydrogen-bond acceptors (Lipinski definition) is 3. The van der Waals surface area contributed by atoms with E-state index in [0.717, 1.165) is 22.8 Å². The minimum Gasteiger partial charge on any atom is -0.398 e. The topological polar surface area (TPSA) is 38.9 Å². The zero-order chi connectivity index (χ0) is 12.1. The number of nitrogens with two attached hydrogens (primary N) is 1. The van der Waals surface area contributed by atoms with Crippen LogP contribution in [-0.2, 0) is 6.42 Å². The summed E-state index contributed by atoms with van der Waals surface area (Å²) in [6.07, 6.45) is 2.62. The van der Waals surface area contributed by atoms with Crippen LogP contribution in [0.2, 0.25) is 0 Å². The smallest absolute Gasteiger partial charge is 0.124 e. The Hall–Kier alpha value is -1.55. The molecule has 88 valence electrons. The van der Waals surface area contributed by atoms with Crippen molar-refractivity contribution >= 4 is 17.4 Å². The Morgan fingerprint density at radius 3 is 2.88 bits per heavy atom. The van der Waals surface area contributed by atoms with Gasteiger partial charge < -0.3 is 5.73 Å². The van der Waals surface area contributed by atoms with Gasteiger partial charge in [-0.3, -0.25) is 4.98 Å². The van der Waals surface area contributed by atoms with E-state index in [1.807, 2.05) is 18.2 Å². The SMILES string of the molecule is Nc1ccc(F)cc1SCCc1ccccn1. The summed E-state index contributed by atoms with van der Waals surface area (Å²) in [7, 11) is 0. The second-order valence-electron chi connectivity index (χ2n) is 3.60. The number of aryl methyl sites for hydroxylation is 1. The Labute approximate surface area is 104 Å². The van der Waals surface area contributed by atoms with Gasteiger partial charge in [0.25, 0.3) is 0 Å². The van der Waals surface area contributed by atoms with E-state index >= 15 is 0 Å². The molecule has 0 amide bonds. The Bertz CT molecular complexity index is 488. The number of pyridine rings is 1. The second-order valence-corrected chi connectivity index (χ2v) is 4.74. The highest BCUT2D eigenvalue weighted by molar-refractivity contribution is 7.99. The first-order chi connectivity index (χ1) is 8.25. The van der Waals surface area contributed by atoms with E-state index < -0.39 is 0 Å². The molecule has 4 heteroatoms. The van der Waals surface area contributed by atoms with Gasteiger partial charge in [-0.05, 0) is 36.8 Å². The lowest BCUT2D eigenvalue weighted by Crippen LogP contribution is -1.94. The number of hydrogen-bond donors (Lipinski definition) is 1. The monoisotopic (exact) mass is 248 g/mol. The maximum absolute atomic E-state index is 13.0. The number of aromatic nitrogens is 1. The molecular weight excluding hydrogens is 235 g/mol. The van der Waals surface area contributed by atoms with Crippen LogP contribution in [0.1, 0.15) is 5.69 Å². The Morgan fingerprint density at radius 2 is 2.12 bits per heavy atom. The van der Waals surface area contributed by atoms with Crippen molar-refractivity contribution < 1.29 is 4.39 Å². The van der Waals surface area contributed by atoms with Gasteiger partial charge in [-0.15, -0.1) is 11.8 Å². The number of benzene rings is 1. The number of nitrogen functional groups attached to an aromatic ring is 1. The summed E-state index contributed by atoms with van der Waals surface area (Å²) in [6, 6.07) is 10.3. The quantitative estimate of drug-likeness (QED) is 0.667. The Morgan fingerprint density at radius 1 is 1.24 bits per heavy atom. The van der Waals surface area contributed by atoms with Gasteiger partial charge in [0.1, 0.15) is 5.82 Å². The summed E-state index contributed by atoms with van der Waals surface area (Å²) in [5.41, 5.74) is 7.43. The van der Waals surface area contributed by atoms with Gasteiger partial charge in [-0.2, -0.15) is 0 Å². The van der Waals surface area contributed by atoms with E-state index in [9.17, 15) is 4.39 Å². The van der Waals surface area contributed by atoms with Crippen molar-refractivity contribution in [3.63, 3.8) is 0 Å². The first-order valence-corrected chi connectivity index (χ1v) is 6.32. The number of thioether (sulfide) groups is 1. The van der Waals surface area contributed by atoms with Crippen LogP contribution < -0.4 is 5.73 Å². The van der Waals surface area contributed by atoms with Crippen LogP contribution in [0.25, 0.3) is 0 Å². The van der Waals surface area contributed by atoms with Crippen molar-refractivity contribution in [2.75, 3.05) is 11.5 Å². The lowest BCUT2D eigenvalue weighted by atomic mass is 10.3. The first kappa shape index (κ1) is 11.9. The lowest BCUT2D eigenvalue weighted by Gasteiger charge is -2.05. The van der Waals surface area contributed by atoms with Crippen LogP contribution in [0.5, 0.6) is 0 Å². The van der Waals surface area contributed by atoms with Gasteiger partial charge in [0.05, 0.1) is 0 Å². The zero-order valence-electron chi connectivity index (χ0n) is 9.27. The second kappa shape index (κ2) is 5.68. The molecule has 0 saturated carbocycles. The van der Waals surface area contributed by atoms with E-state index in [0.29, 0.717) is 5.69 Å². The lowest BCUT2D eigenvalue weighted by molar-refractivity contribution is 0.624. The third-order valence-corrected chi connectivity index (χ3v) is 3.39. The van der Waals surface area contributed by atoms with Crippen LogP contribution in [0.4, 0.5) is 10.1 Å². The fourth-order valence-corrected chi connectivity index (χ4v) is 2.41. The molecule has 1 heterocycles. The molecule has 0 aliphatic rings. The molecule has 0 aliphatic heterocycles. The van der Waals surface area contributed by atoms with E-state index in [1.165, 1.54) is 12.1 Å². The molecule has 2 rings (SSSR count). The number of halogens is 1. The van der Waals surface area contributed by atoms with Gasteiger partial charge in [0.2, 0.25) is 0 Å². The van der Waals surface area contributed by atoms with Crippen LogP contribution in [0.3, 0.4) is 0 Å². The van der Waals surface area contributed by atoms with Crippen molar-refractivity contribution in [2.45, 2.75) is 11.3 Å². The fraction of sp³-hybridized carbons (Fsp3) is 0.154. The largest absolute Gasteiger partial charge is 0.398 e. The number of rotatable bonds is 4. The molecule has 0 aliphatic carbocycles. The van der Waals surface area contributed by atoms with Gasteiger partial charge in [0, 0.05) is 28.2 Å².